The van der Waals surface area contributed by atoms with E-state index >= 15 is 0 Å². The zero-order valence-corrected chi connectivity index (χ0v) is 22.7. The van der Waals surface area contributed by atoms with Crippen LogP contribution in [-0.2, 0) is 22.6 Å². The molecule has 4 heterocycles. The van der Waals surface area contributed by atoms with Crippen molar-refractivity contribution >= 4 is 17.8 Å². The summed E-state index contributed by atoms with van der Waals surface area (Å²) in [6.07, 6.45) is 7.55. The molecule has 2 saturated heterocycles. The lowest BCUT2D eigenvalue weighted by molar-refractivity contribution is -0.141. The van der Waals surface area contributed by atoms with Gasteiger partial charge < -0.3 is 20.0 Å². The minimum absolute atomic E-state index is 0.0134. The van der Waals surface area contributed by atoms with Crippen LogP contribution in [0.15, 0.2) is 36.5 Å². The number of rotatable bonds is 5. The van der Waals surface area contributed by atoms with Crippen molar-refractivity contribution in [3.05, 3.63) is 53.3 Å². The number of carbonyl (C=O) groups is 2. The summed E-state index contributed by atoms with van der Waals surface area (Å²) in [6.45, 7) is 6.14. The van der Waals surface area contributed by atoms with Gasteiger partial charge in [0.1, 0.15) is 0 Å². The molecule has 202 valence electrons. The number of hydrogen-bond acceptors (Lipinski definition) is 6. The molecule has 2 amide bonds. The highest BCUT2D eigenvalue weighted by Crippen LogP contribution is 2.36. The van der Waals surface area contributed by atoms with Crippen molar-refractivity contribution in [2.45, 2.75) is 70.0 Å². The van der Waals surface area contributed by atoms with Crippen LogP contribution in [0.4, 0.5) is 5.95 Å². The first-order valence-electron chi connectivity index (χ1n) is 14.4. The predicted octanol–water partition coefficient (Wildman–Crippen LogP) is 3.30. The summed E-state index contributed by atoms with van der Waals surface area (Å²) >= 11 is 0. The van der Waals surface area contributed by atoms with Crippen LogP contribution in [0, 0.1) is 11.8 Å². The molecule has 1 aromatic heterocycles. The summed E-state index contributed by atoms with van der Waals surface area (Å²) in [7, 11) is 2.15. The largest absolute Gasteiger partial charge is 0.351 e. The number of hydrogen-bond donors (Lipinski definition) is 1. The smallest absolute Gasteiger partial charge is 0.227 e. The second-order valence-electron chi connectivity index (χ2n) is 11.9. The highest BCUT2D eigenvalue weighted by atomic mass is 16.2. The van der Waals surface area contributed by atoms with Gasteiger partial charge >= 0.3 is 0 Å². The number of fused-ring (bicyclic) bond motifs is 1. The van der Waals surface area contributed by atoms with Gasteiger partial charge in [-0.25, -0.2) is 9.97 Å². The molecule has 3 fully saturated rings. The van der Waals surface area contributed by atoms with Crippen LogP contribution in [0.2, 0.25) is 0 Å². The second kappa shape index (κ2) is 10.6. The van der Waals surface area contributed by atoms with Crippen LogP contribution < -0.4 is 5.32 Å². The zero-order valence-electron chi connectivity index (χ0n) is 22.7. The van der Waals surface area contributed by atoms with Crippen LogP contribution in [0.3, 0.4) is 0 Å². The molecular formula is C30H40N6O2. The molecule has 8 heteroatoms. The van der Waals surface area contributed by atoms with Crippen LogP contribution in [-0.4, -0.2) is 81.8 Å². The van der Waals surface area contributed by atoms with E-state index < -0.39 is 0 Å². The van der Waals surface area contributed by atoms with E-state index in [1.807, 2.05) is 17.2 Å². The van der Waals surface area contributed by atoms with Crippen molar-refractivity contribution in [1.82, 2.24) is 24.7 Å². The van der Waals surface area contributed by atoms with Crippen LogP contribution in [0.25, 0.3) is 0 Å². The van der Waals surface area contributed by atoms with Gasteiger partial charge in [-0.05, 0) is 70.2 Å². The van der Waals surface area contributed by atoms with E-state index in [9.17, 15) is 9.59 Å². The number of benzene rings is 1. The molecular weight excluding hydrogens is 476 g/mol. The molecule has 1 N–H and O–H groups in total. The van der Waals surface area contributed by atoms with Crippen molar-refractivity contribution in [3.63, 3.8) is 0 Å². The van der Waals surface area contributed by atoms with Crippen molar-refractivity contribution < 1.29 is 9.59 Å². The van der Waals surface area contributed by atoms with Gasteiger partial charge in [0.2, 0.25) is 17.8 Å². The Labute approximate surface area is 225 Å². The SMILES string of the molecule is C[C@@H]1Cc2cnc(NC3CCN(C(=O)C4CC4)CC3)nc2CN1C(=O)[C@H]1CCN(C)C[C@@H]1c1ccccc1. The van der Waals surface area contributed by atoms with Gasteiger partial charge in [-0.2, -0.15) is 0 Å². The van der Waals surface area contributed by atoms with Gasteiger partial charge in [0.15, 0.2) is 0 Å². The minimum atomic E-state index is -0.0134. The van der Waals surface area contributed by atoms with Gasteiger partial charge in [0, 0.05) is 55.7 Å². The van der Waals surface area contributed by atoms with E-state index in [1.165, 1.54) is 5.56 Å². The summed E-state index contributed by atoms with van der Waals surface area (Å²) in [5.41, 5.74) is 3.35. The minimum Gasteiger partial charge on any atom is -0.351 e. The number of nitrogens with zero attached hydrogens (tertiary/aromatic N) is 5. The second-order valence-corrected chi connectivity index (χ2v) is 11.9. The van der Waals surface area contributed by atoms with E-state index in [0.29, 0.717) is 18.4 Å². The van der Waals surface area contributed by atoms with Gasteiger partial charge in [0.25, 0.3) is 0 Å². The first-order valence-corrected chi connectivity index (χ1v) is 14.4. The molecule has 0 unspecified atom stereocenters. The molecule has 6 rings (SSSR count). The van der Waals surface area contributed by atoms with Gasteiger partial charge in [-0.3, -0.25) is 9.59 Å². The quantitative estimate of drug-likeness (QED) is 0.657. The third-order valence-electron chi connectivity index (χ3n) is 9.03. The zero-order chi connectivity index (χ0) is 26.2. The number of piperidine rings is 2. The first kappa shape index (κ1) is 25.3. The number of nitrogens with one attached hydrogen (secondary N) is 1. The fourth-order valence-electron chi connectivity index (χ4n) is 6.54. The molecule has 0 bridgehead atoms. The molecule has 3 atom stereocenters. The summed E-state index contributed by atoms with van der Waals surface area (Å²) in [6, 6.07) is 10.9. The molecule has 8 nitrogen and oxygen atoms in total. The van der Waals surface area contributed by atoms with Crippen LogP contribution >= 0.6 is 0 Å². The molecule has 1 aliphatic carbocycles. The molecule has 2 aromatic rings. The van der Waals surface area contributed by atoms with Gasteiger partial charge in [-0.1, -0.05) is 30.3 Å². The first-order chi connectivity index (χ1) is 18.5. The number of anilines is 1. The number of likely N-dealkylation sites (tertiary alicyclic amines) is 2. The van der Waals surface area contributed by atoms with Crippen molar-refractivity contribution in [3.8, 4) is 0 Å². The van der Waals surface area contributed by atoms with Crippen molar-refractivity contribution in [2.75, 3.05) is 38.5 Å². The average molecular weight is 517 g/mol. The maximum absolute atomic E-state index is 14.0. The van der Waals surface area contributed by atoms with E-state index in [1.54, 1.807) is 0 Å². The predicted molar refractivity (Wildman–Crippen MR) is 146 cm³/mol. The monoisotopic (exact) mass is 516 g/mol. The average Bonchev–Trinajstić information content (AvgIpc) is 3.79. The molecule has 3 aliphatic heterocycles. The van der Waals surface area contributed by atoms with Crippen LogP contribution in [0.5, 0.6) is 0 Å². The van der Waals surface area contributed by atoms with E-state index in [-0.39, 0.29) is 35.7 Å². The van der Waals surface area contributed by atoms with E-state index in [2.05, 4.69) is 58.3 Å². The highest BCUT2D eigenvalue weighted by molar-refractivity contribution is 5.81. The molecule has 1 saturated carbocycles. The Bertz CT molecular complexity index is 1160. The molecule has 38 heavy (non-hydrogen) atoms. The Hall–Kier alpha value is -3.00. The number of aromatic nitrogens is 2. The Kier molecular flexibility index (Phi) is 7.08. The Morgan fingerprint density at radius 1 is 0.974 bits per heavy atom. The molecule has 1 aromatic carbocycles. The maximum atomic E-state index is 14.0. The normalized spacial score (nSPS) is 26.6. The summed E-state index contributed by atoms with van der Waals surface area (Å²) < 4.78 is 0. The topological polar surface area (TPSA) is 81.7 Å². The maximum Gasteiger partial charge on any atom is 0.227 e. The van der Waals surface area contributed by atoms with Crippen molar-refractivity contribution in [2.24, 2.45) is 11.8 Å². The Morgan fingerprint density at radius 3 is 2.47 bits per heavy atom. The van der Waals surface area contributed by atoms with E-state index in [4.69, 9.17) is 4.98 Å². The molecule has 0 radical (unpaired) electrons. The third-order valence-corrected chi connectivity index (χ3v) is 9.03. The fourth-order valence-corrected chi connectivity index (χ4v) is 6.54. The summed E-state index contributed by atoms with van der Waals surface area (Å²) in [5, 5.41) is 3.52. The molecule has 0 spiro atoms. The van der Waals surface area contributed by atoms with Crippen LogP contribution in [0.1, 0.15) is 61.8 Å². The fraction of sp³-hybridized carbons (Fsp3) is 0.600. The third kappa shape index (κ3) is 5.28. The lowest BCUT2D eigenvalue weighted by atomic mass is 9.79. The van der Waals surface area contributed by atoms with E-state index in [0.717, 1.165) is 76.0 Å². The summed E-state index contributed by atoms with van der Waals surface area (Å²) in [5.74, 6) is 1.71. The van der Waals surface area contributed by atoms with Gasteiger partial charge in [-0.15, -0.1) is 0 Å². The Morgan fingerprint density at radius 2 is 1.74 bits per heavy atom. The number of amides is 2. The van der Waals surface area contributed by atoms with Crippen molar-refractivity contribution in [1.29, 1.82) is 0 Å². The molecule has 4 aliphatic rings. The lowest BCUT2D eigenvalue weighted by Crippen LogP contribution is -2.50. The summed E-state index contributed by atoms with van der Waals surface area (Å²) in [4.78, 5) is 42.3. The van der Waals surface area contributed by atoms with Gasteiger partial charge in [0.05, 0.1) is 12.2 Å². The number of carbonyl (C=O) groups excluding carboxylic acids is 2. The Balaban J connectivity index is 1.13. The highest BCUT2D eigenvalue weighted by Gasteiger charge is 2.39. The lowest BCUT2D eigenvalue weighted by Gasteiger charge is -2.42. The number of likely N-dealkylation sites (N-methyl/N-ethyl adjacent to an activating group) is 1. The standard InChI is InChI=1S/C30H40N6O2/c1-20-16-23-17-31-30(32-24-10-14-35(15-11-24)28(37)22-8-9-22)33-27(23)19-36(20)29(38)25-12-13-34(2)18-26(25)21-6-4-3-5-7-21/h3-7,17,20,22,24-26H,8-16,18-19H2,1-2H3,(H,31,32,33)/t20-,25+,26-/m1/s1.